The van der Waals surface area contributed by atoms with Crippen LogP contribution in [0.4, 0.5) is 0 Å². The van der Waals surface area contributed by atoms with Crippen LogP contribution in [0.5, 0.6) is 0 Å². The van der Waals surface area contributed by atoms with Crippen LogP contribution in [0.1, 0.15) is 40.9 Å². The molecule has 1 aliphatic rings. The molecule has 2 N–H and O–H groups in total. The summed E-state index contributed by atoms with van der Waals surface area (Å²) in [5.74, 6) is 0.866. The van der Waals surface area contributed by atoms with Crippen molar-refractivity contribution in [2.45, 2.75) is 45.6 Å². The highest BCUT2D eigenvalue weighted by atomic mass is 32.1. The van der Waals surface area contributed by atoms with Crippen LogP contribution in [0.3, 0.4) is 0 Å². The van der Waals surface area contributed by atoms with Gasteiger partial charge in [0.25, 0.3) is 0 Å². The van der Waals surface area contributed by atoms with Gasteiger partial charge in [0, 0.05) is 36.6 Å². The van der Waals surface area contributed by atoms with Crippen LogP contribution in [-0.2, 0) is 16.7 Å². The first kappa shape index (κ1) is 19.8. The van der Waals surface area contributed by atoms with Crippen molar-refractivity contribution in [1.82, 2.24) is 15.6 Å². The number of aliphatic imine (C=N–C) groups is 1. The molecular formula is C21H30N4OS. The maximum absolute atomic E-state index is 5.64. The number of aromatic nitrogens is 1. The van der Waals surface area contributed by atoms with E-state index >= 15 is 0 Å². The lowest BCUT2D eigenvalue weighted by Crippen LogP contribution is -2.48. The highest BCUT2D eigenvalue weighted by molar-refractivity contribution is 7.11. The van der Waals surface area contributed by atoms with E-state index in [4.69, 9.17) is 9.73 Å². The van der Waals surface area contributed by atoms with E-state index in [9.17, 15) is 0 Å². The molecule has 0 atom stereocenters. The normalized spacial score (nSPS) is 16.9. The summed E-state index contributed by atoms with van der Waals surface area (Å²) in [4.78, 5) is 10.5. The molecule has 1 aliphatic heterocycles. The number of aryl methyl sites for hydroxylation is 2. The minimum Gasteiger partial charge on any atom is -0.381 e. The Hall–Kier alpha value is -1.92. The number of ether oxygens (including phenoxy) is 1. The second kappa shape index (κ2) is 9.33. The first-order valence-electron chi connectivity index (χ1n) is 9.71. The largest absolute Gasteiger partial charge is 0.381 e. The smallest absolute Gasteiger partial charge is 0.191 e. The number of nitrogens with one attached hydrogen (secondary N) is 2. The van der Waals surface area contributed by atoms with Crippen molar-refractivity contribution in [3.63, 3.8) is 0 Å². The predicted molar refractivity (Wildman–Crippen MR) is 113 cm³/mol. The average molecular weight is 387 g/mol. The number of guanidine groups is 1. The lowest BCUT2D eigenvalue weighted by molar-refractivity contribution is 0.0514. The van der Waals surface area contributed by atoms with Crippen molar-refractivity contribution < 1.29 is 4.74 Å². The molecule has 0 spiro atoms. The van der Waals surface area contributed by atoms with Gasteiger partial charge in [0.1, 0.15) is 0 Å². The van der Waals surface area contributed by atoms with E-state index in [-0.39, 0.29) is 5.41 Å². The fraction of sp³-hybridized carbons (Fsp3) is 0.524. The van der Waals surface area contributed by atoms with E-state index in [1.54, 1.807) is 11.3 Å². The second-order valence-corrected chi connectivity index (χ2v) is 8.34. The molecule has 0 radical (unpaired) electrons. The topological polar surface area (TPSA) is 58.5 Å². The van der Waals surface area contributed by atoms with E-state index in [0.29, 0.717) is 6.54 Å². The number of rotatable bonds is 6. The quantitative estimate of drug-likeness (QED) is 0.589. The minimum absolute atomic E-state index is 0.0900. The van der Waals surface area contributed by atoms with Crippen LogP contribution in [0.15, 0.2) is 35.3 Å². The van der Waals surface area contributed by atoms with Crippen LogP contribution in [0.25, 0.3) is 0 Å². The highest BCUT2D eigenvalue weighted by Gasteiger charge is 2.34. The number of nitrogens with zero attached hydrogens (tertiary/aromatic N) is 2. The molecule has 3 rings (SSSR count). The van der Waals surface area contributed by atoms with Crippen molar-refractivity contribution in [3.8, 4) is 0 Å². The van der Waals surface area contributed by atoms with Crippen LogP contribution in [0, 0.1) is 13.8 Å². The summed E-state index contributed by atoms with van der Waals surface area (Å²) in [6, 6.07) is 10.8. The van der Waals surface area contributed by atoms with Gasteiger partial charge in [-0.2, -0.15) is 0 Å². The Labute approximate surface area is 166 Å². The molecule has 0 saturated carbocycles. The zero-order valence-electron chi connectivity index (χ0n) is 16.5. The Balaban J connectivity index is 1.73. The standard InChI is InChI=1S/C21H30N4OS/c1-4-22-20(23-14-19-16(2)25-17(3)27-19)24-15-21(10-12-26-13-11-21)18-8-6-5-7-9-18/h5-9H,4,10-15H2,1-3H3,(H2,22,23,24). The molecule has 1 aromatic carbocycles. The van der Waals surface area contributed by atoms with Crippen molar-refractivity contribution in [1.29, 1.82) is 0 Å². The third-order valence-electron chi connectivity index (χ3n) is 5.15. The van der Waals surface area contributed by atoms with Crippen molar-refractivity contribution in [3.05, 3.63) is 51.5 Å². The molecule has 6 heteroatoms. The summed E-state index contributed by atoms with van der Waals surface area (Å²) < 4.78 is 5.64. The molecule has 5 nitrogen and oxygen atoms in total. The van der Waals surface area contributed by atoms with Gasteiger partial charge < -0.3 is 15.4 Å². The Kier molecular flexibility index (Phi) is 6.85. The van der Waals surface area contributed by atoms with Gasteiger partial charge in [-0.3, -0.25) is 0 Å². The van der Waals surface area contributed by atoms with Crippen LogP contribution in [0.2, 0.25) is 0 Å². The van der Waals surface area contributed by atoms with Crippen molar-refractivity contribution >= 4 is 17.3 Å². The molecule has 0 aliphatic carbocycles. The van der Waals surface area contributed by atoms with Gasteiger partial charge in [0.05, 0.1) is 17.2 Å². The number of benzene rings is 1. The maximum atomic E-state index is 5.64. The molecule has 1 saturated heterocycles. The van der Waals surface area contributed by atoms with E-state index in [1.165, 1.54) is 10.4 Å². The summed E-state index contributed by atoms with van der Waals surface area (Å²) in [5.41, 5.74) is 2.56. The summed E-state index contributed by atoms with van der Waals surface area (Å²) >= 11 is 1.73. The molecular weight excluding hydrogens is 356 g/mol. The first-order valence-corrected chi connectivity index (χ1v) is 10.5. The third-order valence-corrected chi connectivity index (χ3v) is 6.21. The molecule has 1 aromatic heterocycles. The van der Waals surface area contributed by atoms with Crippen molar-refractivity contribution in [2.75, 3.05) is 26.3 Å². The average Bonchev–Trinajstić information content (AvgIpc) is 3.02. The molecule has 2 aromatic rings. The number of hydrogen-bond donors (Lipinski definition) is 2. The zero-order chi connectivity index (χ0) is 19.1. The van der Waals surface area contributed by atoms with Crippen LogP contribution >= 0.6 is 11.3 Å². The minimum atomic E-state index is 0.0900. The van der Waals surface area contributed by atoms with Gasteiger partial charge in [0.15, 0.2) is 5.96 Å². The summed E-state index contributed by atoms with van der Waals surface area (Å²) in [6.07, 6.45) is 2.05. The van der Waals surface area contributed by atoms with E-state index < -0.39 is 0 Å². The molecule has 0 amide bonds. The monoisotopic (exact) mass is 386 g/mol. The Morgan fingerprint density at radius 2 is 1.93 bits per heavy atom. The van der Waals surface area contributed by atoms with E-state index in [1.807, 2.05) is 6.92 Å². The highest BCUT2D eigenvalue weighted by Crippen LogP contribution is 2.34. The molecule has 2 heterocycles. The van der Waals surface area contributed by atoms with E-state index in [2.05, 4.69) is 59.8 Å². The van der Waals surface area contributed by atoms with Crippen LogP contribution < -0.4 is 10.6 Å². The number of hydrogen-bond acceptors (Lipinski definition) is 4. The predicted octanol–water partition coefficient (Wildman–Crippen LogP) is 3.56. The lowest BCUT2D eigenvalue weighted by atomic mass is 9.74. The molecule has 0 unspecified atom stereocenters. The third kappa shape index (κ3) is 5.08. The molecule has 146 valence electrons. The Bertz CT molecular complexity index is 751. The fourth-order valence-electron chi connectivity index (χ4n) is 3.59. The van der Waals surface area contributed by atoms with Gasteiger partial charge in [-0.05, 0) is 39.2 Å². The van der Waals surface area contributed by atoms with Gasteiger partial charge in [-0.1, -0.05) is 30.3 Å². The van der Waals surface area contributed by atoms with Gasteiger partial charge in [-0.15, -0.1) is 11.3 Å². The Morgan fingerprint density at radius 3 is 2.56 bits per heavy atom. The first-order chi connectivity index (χ1) is 13.1. The zero-order valence-corrected chi connectivity index (χ0v) is 17.4. The summed E-state index contributed by atoms with van der Waals surface area (Å²) in [6.45, 7) is 10.2. The lowest BCUT2D eigenvalue weighted by Gasteiger charge is -2.38. The summed E-state index contributed by atoms with van der Waals surface area (Å²) in [7, 11) is 0. The van der Waals surface area contributed by atoms with Crippen molar-refractivity contribution in [2.24, 2.45) is 4.99 Å². The molecule has 27 heavy (non-hydrogen) atoms. The molecule has 0 bridgehead atoms. The van der Waals surface area contributed by atoms with Gasteiger partial charge in [0.2, 0.25) is 0 Å². The van der Waals surface area contributed by atoms with Gasteiger partial charge >= 0.3 is 0 Å². The molecule has 1 fully saturated rings. The summed E-state index contributed by atoms with van der Waals surface area (Å²) in [5, 5.41) is 8.07. The maximum Gasteiger partial charge on any atom is 0.191 e. The van der Waals surface area contributed by atoms with E-state index in [0.717, 1.165) is 55.8 Å². The number of thiazole rings is 1. The SMILES string of the molecule is CCNC(=NCc1sc(C)nc1C)NCC1(c2ccccc2)CCOCC1. The Morgan fingerprint density at radius 1 is 1.19 bits per heavy atom. The second-order valence-electron chi connectivity index (χ2n) is 7.05. The fourth-order valence-corrected chi connectivity index (χ4v) is 4.45. The van der Waals surface area contributed by atoms with Crippen LogP contribution in [-0.4, -0.2) is 37.2 Å². The van der Waals surface area contributed by atoms with Gasteiger partial charge in [-0.25, -0.2) is 9.98 Å².